The number of pyridine rings is 1. The lowest BCUT2D eigenvalue weighted by Crippen LogP contribution is -2.10. The summed E-state index contributed by atoms with van der Waals surface area (Å²) in [5, 5.41) is 16.7. The van der Waals surface area contributed by atoms with Crippen molar-refractivity contribution in [3.05, 3.63) is 30.2 Å². The summed E-state index contributed by atoms with van der Waals surface area (Å²) in [7, 11) is 0. The van der Waals surface area contributed by atoms with E-state index >= 15 is 0 Å². The number of carbonyl (C=O) groups is 1. The number of nitrogens with zero attached hydrogens (tertiary/aromatic N) is 4. The molecule has 2 aromatic heterocycles. The van der Waals surface area contributed by atoms with Crippen LogP contribution in [0.4, 0.5) is 0 Å². The lowest BCUT2D eigenvalue weighted by Gasteiger charge is -2.07. The number of aromatic nitrogens is 4. The van der Waals surface area contributed by atoms with Gasteiger partial charge in [-0.1, -0.05) is 5.21 Å². The summed E-state index contributed by atoms with van der Waals surface area (Å²) in [5.74, 6) is -1.10. The first-order valence-electron chi connectivity index (χ1n) is 5.89. The summed E-state index contributed by atoms with van der Waals surface area (Å²) in [6.07, 6.45) is 3.20. The number of carboxylic acid groups (broad SMARTS) is 1. The second-order valence-corrected chi connectivity index (χ2v) is 3.75. The van der Waals surface area contributed by atoms with E-state index in [9.17, 15) is 4.79 Å². The molecular weight excluding hydrogens is 248 g/mol. The number of ether oxygens (including phenoxy) is 1. The van der Waals surface area contributed by atoms with Crippen molar-refractivity contribution in [2.24, 2.45) is 0 Å². The molecule has 0 aliphatic carbocycles. The van der Waals surface area contributed by atoms with Gasteiger partial charge >= 0.3 is 5.97 Å². The average Bonchev–Trinajstić information content (AvgIpc) is 2.84. The topological polar surface area (TPSA) is 90.1 Å². The first-order valence-corrected chi connectivity index (χ1v) is 5.89. The maximum atomic E-state index is 11.2. The summed E-state index contributed by atoms with van der Waals surface area (Å²) in [6.45, 7) is 3.40. The highest BCUT2D eigenvalue weighted by molar-refractivity contribution is 5.92. The molecule has 0 radical (unpaired) electrons. The van der Waals surface area contributed by atoms with Crippen molar-refractivity contribution in [3.63, 3.8) is 0 Å². The van der Waals surface area contributed by atoms with Gasteiger partial charge in [0.05, 0.1) is 13.2 Å². The highest BCUT2D eigenvalue weighted by Gasteiger charge is 2.20. The van der Waals surface area contributed by atoms with E-state index < -0.39 is 5.97 Å². The molecular formula is C12H14N4O3. The van der Waals surface area contributed by atoms with Gasteiger partial charge in [0.25, 0.3) is 0 Å². The van der Waals surface area contributed by atoms with Crippen LogP contribution < -0.4 is 0 Å². The third-order valence-electron chi connectivity index (χ3n) is 2.54. The molecule has 7 heteroatoms. The molecule has 1 N–H and O–H groups in total. The van der Waals surface area contributed by atoms with Crippen LogP contribution in [0.3, 0.4) is 0 Å². The minimum absolute atomic E-state index is 0.0669. The molecule has 0 saturated carbocycles. The van der Waals surface area contributed by atoms with Crippen molar-refractivity contribution in [2.75, 3.05) is 13.2 Å². The van der Waals surface area contributed by atoms with Gasteiger partial charge in [0.1, 0.15) is 5.69 Å². The van der Waals surface area contributed by atoms with E-state index in [1.807, 2.05) is 6.92 Å². The lowest BCUT2D eigenvalue weighted by atomic mass is 10.1. The van der Waals surface area contributed by atoms with E-state index in [4.69, 9.17) is 9.84 Å². The number of rotatable bonds is 6. The monoisotopic (exact) mass is 262 g/mol. The zero-order valence-corrected chi connectivity index (χ0v) is 10.5. The van der Waals surface area contributed by atoms with Crippen molar-refractivity contribution >= 4 is 5.97 Å². The van der Waals surface area contributed by atoms with E-state index in [-0.39, 0.29) is 5.69 Å². The van der Waals surface area contributed by atoms with Crippen molar-refractivity contribution in [1.29, 1.82) is 0 Å². The van der Waals surface area contributed by atoms with Gasteiger partial charge in [-0.2, -0.15) is 0 Å². The molecule has 0 spiro atoms. The number of aromatic carboxylic acids is 1. The fourth-order valence-corrected chi connectivity index (χ4v) is 1.70. The normalized spacial score (nSPS) is 10.6. The van der Waals surface area contributed by atoms with Crippen molar-refractivity contribution in [1.82, 2.24) is 20.0 Å². The molecule has 0 aliphatic heterocycles. The zero-order valence-electron chi connectivity index (χ0n) is 10.5. The van der Waals surface area contributed by atoms with Gasteiger partial charge in [-0.25, -0.2) is 9.48 Å². The molecule has 0 aromatic carbocycles. The largest absolute Gasteiger partial charge is 0.476 e. The predicted molar refractivity (Wildman–Crippen MR) is 66.7 cm³/mol. The number of hydrogen-bond acceptors (Lipinski definition) is 5. The van der Waals surface area contributed by atoms with Crippen molar-refractivity contribution < 1.29 is 14.6 Å². The Labute approximate surface area is 109 Å². The molecule has 100 valence electrons. The molecule has 0 bridgehead atoms. The van der Waals surface area contributed by atoms with Crippen LogP contribution in [0.5, 0.6) is 0 Å². The van der Waals surface area contributed by atoms with Crippen LogP contribution in [0.2, 0.25) is 0 Å². The summed E-state index contributed by atoms with van der Waals surface area (Å²) in [5.41, 5.74) is 1.12. The Morgan fingerprint density at radius 2 is 2.16 bits per heavy atom. The Bertz CT molecular complexity index is 553. The third-order valence-corrected chi connectivity index (χ3v) is 2.54. The molecule has 0 fully saturated rings. The van der Waals surface area contributed by atoms with Gasteiger partial charge < -0.3 is 9.84 Å². The van der Waals surface area contributed by atoms with Gasteiger partial charge in [0.2, 0.25) is 0 Å². The minimum atomic E-state index is -1.10. The number of carboxylic acids is 1. The second-order valence-electron chi connectivity index (χ2n) is 3.75. The van der Waals surface area contributed by atoms with Gasteiger partial charge in [-0.05, 0) is 19.1 Å². The van der Waals surface area contributed by atoms with Crippen LogP contribution in [-0.4, -0.2) is 44.3 Å². The van der Waals surface area contributed by atoms with Crippen molar-refractivity contribution in [2.45, 2.75) is 13.5 Å². The Hall–Kier alpha value is -2.28. The number of hydrogen-bond donors (Lipinski definition) is 1. The van der Waals surface area contributed by atoms with Crippen molar-refractivity contribution in [3.8, 4) is 11.3 Å². The van der Waals surface area contributed by atoms with E-state index in [0.29, 0.717) is 31.0 Å². The highest BCUT2D eigenvalue weighted by Crippen LogP contribution is 2.21. The molecule has 0 saturated heterocycles. The van der Waals surface area contributed by atoms with E-state index in [0.717, 1.165) is 0 Å². The lowest BCUT2D eigenvalue weighted by molar-refractivity contribution is 0.0691. The van der Waals surface area contributed by atoms with E-state index in [1.165, 1.54) is 4.68 Å². The Morgan fingerprint density at radius 3 is 2.79 bits per heavy atom. The Morgan fingerprint density at radius 1 is 1.42 bits per heavy atom. The summed E-state index contributed by atoms with van der Waals surface area (Å²) in [4.78, 5) is 15.1. The third kappa shape index (κ3) is 2.94. The maximum Gasteiger partial charge on any atom is 0.358 e. The first kappa shape index (κ1) is 13.2. The molecule has 0 amide bonds. The molecule has 7 nitrogen and oxygen atoms in total. The average molecular weight is 262 g/mol. The fraction of sp³-hybridized carbons (Fsp3) is 0.333. The van der Waals surface area contributed by atoms with Gasteiger partial charge in [-0.3, -0.25) is 4.98 Å². The molecule has 0 unspecified atom stereocenters. The second kappa shape index (κ2) is 6.05. The highest BCUT2D eigenvalue weighted by atomic mass is 16.5. The Balaban J connectivity index is 2.37. The van der Waals surface area contributed by atoms with Crippen LogP contribution in [0.15, 0.2) is 24.5 Å². The summed E-state index contributed by atoms with van der Waals surface area (Å²) < 4.78 is 6.79. The fourth-order valence-electron chi connectivity index (χ4n) is 1.70. The summed E-state index contributed by atoms with van der Waals surface area (Å²) >= 11 is 0. The first-order chi connectivity index (χ1) is 9.24. The zero-order chi connectivity index (χ0) is 13.7. The molecule has 2 heterocycles. The predicted octanol–water partition coefficient (Wildman–Crippen LogP) is 1.07. The molecule has 0 aliphatic rings. The molecule has 2 rings (SSSR count). The van der Waals surface area contributed by atoms with E-state index in [1.54, 1.807) is 24.5 Å². The molecule has 0 atom stereocenters. The van der Waals surface area contributed by atoms with E-state index in [2.05, 4.69) is 15.3 Å². The van der Waals surface area contributed by atoms with Crippen LogP contribution in [0, 0.1) is 0 Å². The van der Waals surface area contributed by atoms with Crippen LogP contribution in [0.1, 0.15) is 17.4 Å². The maximum absolute atomic E-state index is 11.2. The van der Waals surface area contributed by atoms with Crippen LogP contribution >= 0.6 is 0 Å². The van der Waals surface area contributed by atoms with Crippen LogP contribution in [0.25, 0.3) is 11.3 Å². The SMILES string of the molecule is CCOCCn1nnc(C(=O)O)c1-c1ccncc1. The Kier molecular flexibility index (Phi) is 4.19. The van der Waals surface area contributed by atoms with Crippen LogP contribution in [-0.2, 0) is 11.3 Å². The summed E-state index contributed by atoms with van der Waals surface area (Å²) in [6, 6.07) is 3.45. The quantitative estimate of drug-likeness (QED) is 0.783. The van der Waals surface area contributed by atoms with Gasteiger partial charge in [-0.15, -0.1) is 5.10 Å². The smallest absolute Gasteiger partial charge is 0.358 e. The molecule has 19 heavy (non-hydrogen) atoms. The minimum Gasteiger partial charge on any atom is -0.476 e. The van der Waals surface area contributed by atoms with Gasteiger partial charge in [0.15, 0.2) is 5.69 Å². The molecule has 2 aromatic rings. The van der Waals surface area contributed by atoms with Gasteiger partial charge in [0, 0.05) is 24.6 Å². The standard InChI is InChI=1S/C12H14N4O3/c1-2-19-8-7-16-11(9-3-5-13-6-4-9)10(12(17)18)14-15-16/h3-6H,2,7-8H2,1H3,(H,17,18).